The second-order valence-electron chi connectivity index (χ2n) is 6.80. The summed E-state index contributed by atoms with van der Waals surface area (Å²) in [5.74, 6) is -1.66. The van der Waals surface area contributed by atoms with E-state index in [-0.39, 0.29) is 21.9 Å². The Bertz CT molecular complexity index is 1000. The number of carbonyl (C=O) groups excluding carboxylic acids is 1. The van der Waals surface area contributed by atoms with Crippen molar-refractivity contribution in [3.05, 3.63) is 63.7 Å². The Labute approximate surface area is 177 Å². The van der Waals surface area contributed by atoms with Crippen LogP contribution in [0, 0.1) is 10.1 Å². The second kappa shape index (κ2) is 9.31. The molecular formula is C20H20N4O5S. The maximum absolute atomic E-state index is 12.9. The average molecular weight is 428 g/mol. The number of thiocarbonyl (C=S) groups is 1. The van der Waals surface area contributed by atoms with E-state index < -0.39 is 16.8 Å². The summed E-state index contributed by atoms with van der Waals surface area (Å²) in [6.07, 6.45) is 3.07. The summed E-state index contributed by atoms with van der Waals surface area (Å²) in [7, 11) is 0. The summed E-state index contributed by atoms with van der Waals surface area (Å²) in [5.41, 5.74) is 1.06. The Hall–Kier alpha value is -3.53. The number of nitro groups is 1. The van der Waals surface area contributed by atoms with E-state index in [1.165, 1.54) is 24.3 Å². The van der Waals surface area contributed by atoms with Gasteiger partial charge >= 0.3 is 5.97 Å². The number of carbonyl (C=O) groups is 2. The minimum atomic E-state index is -1.09. The van der Waals surface area contributed by atoms with Crippen LogP contribution in [-0.2, 0) is 0 Å². The molecule has 1 fully saturated rings. The predicted octanol–water partition coefficient (Wildman–Crippen LogP) is 3.41. The zero-order chi connectivity index (χ0) is 21.7. The quantitative estimate of drug-likeness (QED) is 0.376. The van der Waals surface area contributed by atoms with E-state index in [1.807, 2.05) is 4.90 Å². The van der Waals surface area contributed by atoms with Crippen molar-refractivity contribution in [3.8, 4) is 0 Å². The molecule has 1 aliphatic heterocycles. The maximum Gasteiger partial charge on any atom is 0.335 e. The Kier molecular flexibility index (Phi) is 6.58. The molecule has 1 amide bonds. The van der Waals surface area contributed by atoms with Gasteiger partial charge in [-0.25, -0.2) is 4.79 Å². The molecule has 0 spiro atoms. The minimum absolute atomic E-state index is 0.0429. The summed E-state index contributed by atoms with van der Waals surface area (Å²) in [6.45, 7) is 1.53. The Morgan fingerprint density at radius 2 is 1.83 bits per heavy atom. The van der Waals surface area contributed by atoms with Gasteiger partial charge in [0.15, 0.2) is 5.11 Å². The number of hydrogen-bond acceptors (Lipinski definition) is 6. The van der Waals surface area contributed by atoms with E-state index >= 15 is 0 Å². The molecule has 0 unspecified atom stereocenters. The first-order chi connectivity index (χ1) is 14.3. The number of anilines is 2. The molecule has 0 aliphatic carbocycles. The number of non-ortho nitro benzene ring substituents is 1. The summed E-state index contributed by atoms with van der Waals surface area (Å²) in [6, 6.07) is 10.2. The van der Waals surface area contributed by atoms with Gasteiger partial charge in [-0.3, -0.25) is 20.2 Å². The van der Waals surface area contributed by atoms with Gasteiger partial charge in [0.05, 0.1) is 21.7 Å². The number of carboxylic acids is 1. The van der Waals surface area contributed by atoms with Crippen molar-refractivity contribution in [1.29, 1.82) is 0 Å². The molecule has 10 heteroatoms. The van der Waals surface area contributed by atoms with Crippen LogP contribution in [0.2, 0.25) is 0 Å². The normalized spacial score (nSPS) is 13.4. The number of hydrogen-bond donors (Lipinski definition) is 3. The highest BCUT2D eigenvalue weighted by Gasteiger charge is 2.22. The van der Waals surface area contributed by atoms with Gasteiger partial charge in [-0.15, -0.1) is 0 Å². The van der Waals surface area contributed by atoms with Gasteiger partial charge in [0.25, 0.3) is 11.6 Å². The van der Waals surface area contributed by atoms with Gasteiger partial charge in [0, 0.05) is 30.9 Å². The number of nitrogens with zero attached hydrogens (tertiary/aromatic N) is 2. The lowest BCUT2D eigenvalue weighted by Gasteiger charge is -2.30. The predicted molar refractivity (Wildman–Crippen MR) is 116 cm³/mol. The standard InChI is InChI=1S/C20H20N4O5S/c25-18(22-20(30)21-14-6-4-5-13(11-14)19(26)27)16-12-15(24(28)29)7-8-17(16)23-9-2-1-3-10-23/h4-8,11-12H,1-3,9-10H2,(H,26,27)(H2,21,22,25,30). The molecule has 0 bridgehead atoms. The van der Waals surface area contributed by atoms with Gasteiger partial charge in [0.2, 0.25) is 0 Å². The summed E-state index contributed by atoms with van der Waals surface area (Å²) in [5, 5.41) is 25.5. The molecule has 1 aliphatic rings. The molecule has 0 aromatic heterocycles. The van der Waals surface area contributed by atoms with E-state index in [2.05, 4.69) is 10.6 Å². The first-order valence-electron chi connectivity index (χ1n) is 9.34. The number of carboxylic acid groups (broad SMARTS) is 1. The molecule has 0 saturated carbocycles. The lowest BCUT2D eigenvalue weighted by atomic mass is 10.1. The van der Waals surface area contributed by atoms with Crippen LogP contribution in [0.15, 0.2) is 42.5 Å². The zero-order valence-electron chi connectivity index (χ0n) is 16.0. The second-order valence-corrected chi connectivity index (χ2v) is 7.21. The first kappa shape index (κ1) is 21.2. The SMILES string of the molecule is O=C(O)c1cccc(NC(=S)NC(=O)c2cc([N+](=O)[O-])ccc2N2CCCCC2)c1. The van der Waals surface area contributed by atoms with E-state index in [9.17, 15) is 19.7 Å². The van der Waals surface area contributed by atoms with E-state index in [4.69, 9.17) is 17.3 Å². The smallest absolute Gasteiger partial charge is 0.335 e. The first-order valence-corrected chi connectivity index (χ1v) is 9.75. The van der Waals surface area contributed by atoms with Crippen LogP contribution in [0.4, 0.5) is 17.1 Å². The van der Waals surface area contributed by atoms with Crippen LogP contribution < -0.4 is 15.5 Å². The summed E-state index contributed by atoms with van der Waals surface area (Å²) >= 11 is 5.17. The number of aromatic carboxylic acids is 1. The summed E-state index contributed by atoms with van der Waals surface area (Å²) < 4.78 is 0. The fourth-order valence-electron chi connectivity index (χ4n) is 3.29. The largest absolute Gasteiger partial charge is 0.478 e. The molecular weight excluding hydrogens is 408 g/mol. The third-order valence-corrected chi connectivity index (χ3v) is 4.93. The van der Waals surface area contributed by atoms with E-state index in [0.29, 0.717) is 11.4 Å². The fraction of sp³-hybridized carbons (Fsp3) is 0.250. The van der Waals surface area contributed by atoms with Crippen molar-refractivity contribution in [2.24, 2.45) is 0 Å². The molecule has 1 saturated heterocycles. The minimum Gasteiger partial charge on any atom is -0.478 e. The molecule has 1 heterocycles. The van der Waals surface area contributed by atoms with Crippen LogP contribution in [0.1, 0.15) is 40.0 Å². The number of amides is 1. The van der Waals surface area contributed by atoms with Crippen LogP contribution in [0.5, 0.6) is 0 Å². The number of nitrogens with one attached hydrogen (secondary N) is 2. The summed E-state index contributed by atoms with van der Waals surface area (Å²) in [4.78, 5) is 36.6. The Morgan fingerprint density at radius 1 is 1.10 bits per heavy atom. The number of nitro benzene ring substituents is 1. The monoisotopic (exact) mass is 428 g/mol. The number of benzene rings is 2. The Morgan fingerprint density at radius 3 is 2.50 bits per heavy atom. The topological polar surface area (TPSA) is 125 Å². The van der Waals surface area contributed by atoms with Crippen molar-refractivity contribution in [2.75, 3.05) is 23.3 Å². The van der Waals surface area contributed by atoms with Gasteiger partial charge in [-0.1, -0.05) is 6.07 Å². The molecule has 0 atom stereocenters. The van der Waals surface area contributed by atoms with Crippen LogP contribution in [-0.4, -0.2) is 40.1 Å². The van der Waals surface area contributed by atoms with E-state index in [0.717, 1.165) is 32.4 Å². The molecule has 0 radical (unpaired) electrons. The van der Waals surface area contributed by atoms with Crippen molar-refractivity contribution in [1.82, 2.24) is 5.32 Å². The molecule has 3 rings (SSSR count). The van der Waals surface area contributed by atoms with Crippen molar-refractivity contribution >= 4 is 46.3 Å². The third-order valence-electron chi connectivity index (χ3n) is 4.73. The highest BCUT2D eigenvalue weighted by atomic mass is 32.1. The molecule has 156 valence electrons. The lowest BCUT2D eigenvalue weighted by molar-refractivity contribution is -0.384. The molecule has 30 heavy (non-hydrogen) atoms. The van der Waals surface area contributed by atoms with Crippen LogP contribution in [0.3, 0.4) is 0 Å². The van der Waals surface area contributed by atoms with Gasteiger partial charge in [0.1, 0.15) is 0 Å². The highest BCUT2D eigenvalue weighted by Crippen LogP contribution is 2.28. The average Bonchev–Trinajstić information content (AvgIpc) is 2.74. The number of piperidine rings is 1. The van der Waals surface area contributed by atoms with Gasteiger partial charge in [-0.05, 0) is 55.7 Å². The Balaban J connectivity index is 1.80. The highest BCUT2D eigenvalue weighted by molar-refractivity contribution is 7.80. The molecule has 2 aromatic rings. The lowest BCUT2D eigenvalue weighted by Crippen LogP contribution is -2.36. The third kappa shape index (κ3) is 5.09. The van der Waals surface area contributed by atoms with Gasteiger partial charge < -0.3 is 15.3 Å². The van der Waals surface area contributed by atoms with Crippen molar-refractivity contribution < 1.29 is 19.6 Å². The molecule has 9 nitrogen and oxygen atoms in total. The van der Waals surface area contributed by atoms with Gasteiger partial charge in [-0.2, -0.15) is 0 Å². The molecule has 3 N–H and O–H groups in total. The van der Waals surface area contributed by atoms with Crippen molar-refractivity contribution in [3.63, 3.8) is 0 Å². The molecule has 2 aromatic carbocycles. The van der Waals surface area contributed by atoms with Crippen molar-refractivity contribution in [2.45, 2.75) is 19.3 Å². The zero-order valence-corrected chi connectivity index (χ0v) is 16.8. The van der Waals surface area contributed by atoms with Crippen LogP contribution in [0.25, 0.3) is 0 Å². The van der Waals surface area contributed by atoms with E-state index in [1.54, 1.807) is 18.2 Å². The maximum atomic E-state index is 12.9. The van der Waals surface area contributed by atoms with Crippen LogP contribution >= 0.6 is 12.2 Å². The number of rotatable bonds is 5. The fourth-order valence-corrected chi connectivity index (χ4v) is 3.50.